The van der Waals surface area contributed by atoms with Crippen LogP contribution in [-0.4, -0.2) is 134 Å². The molecule has 0 spiro atoms. The molecule has 322 valence electrons. The van der Waals surface area contributed by atoms with Crippen LogP contribution in [0.15, 0.2) is 36.4 Å². The SMILES string of the molecule is CC[C@H](C)[C@@H]([C@@H](CC(=O)N1CCC[C@H]1[C@H](OC)[C@@H](C)C(=O)N[C@@H](Cc1ccccc1)C(=O)OC)OC)N(C)C(=O)[C@@H](Nc1nc(C)cc(C(=O)NCCN)n1)C(C)C. The average molecular weight is 811 g/mol. The molecular formula is C42H66N8O8. The zero-order valence-corrected chi connectivity index (χ0v) is 35.9. The van der Waals surface area contributed by atoms with Crippen molar-refractivity contribution in [2.75, 3.05) is 53.3 Å². The minimum atomic E-state index is -0.902. The van der Waals surface area contributed by atoms with Crippen molar-refractivity contribution >= 4 is 35.5 Å². The number of anilines is 1. The lowest BCUT2D eigenvalue weighted by atomic mass is 9.89. The van der Waals surface area contributed by atoms with Gasteiger partial charge in [0.15, 0.2) is 0 Å². The van der Waals surface area contributed by atoms with E-state index in [2.05, 4.69) is 25.9 Å². The Morgan fingerprint density at radius 1 is 1.02 bits per heavy atom. The van der Waals surface area contributed by atoms with Crippen molar-refractivity contribution in [2.45, 2.75) is 110 Å². The summed E-state index contributed by atoms with van der Waals surface area (Å²) < 4.78 is 17.0. The van der Waals surface area contributed by atoms with Gasteiger partial charge in [0, 0.05) is 53.0 Å². The summed E-state index contributed by atoms with van der Waals surface area (Å²) >= 11 is 0. The Morgan fingerprint density at radius 2 is 1.71 bits per heavy atom. The number of carbonyl (C=O) groups is 5. The second-order valence-electron chi connectivity index (χ2n) is 15.5. The zero-order valence-electron chi connectivity index (χ0n) is 35.9. The van der Waals surface area contributed by atoms with Crippen LogP contribution in [0.1, 0.15) is 82.0 Å². The highest BCUT2D eigenvalue weighted by Crippen LogP contribution is 2.30. The molecule has 16 heteroatoms. The van der Waals surface area contributed by atoms with Crippen LogP contribution in [-0.2, 0) is 39.8 Å². The van der Waals surface area contributed by atoms with Gasteiger partial charge in [0.25, 0.3) is 5.91 Å². The predicted molar refractivity (Wildman–Crippen MR) is 221 cm³/mol. The summed E-state index contributed by atoms with van der Waals surface area (Å²) in [7, 11) is 6.06. The monoisotopic (exact) mass is 811 g/mol. The number of likely N-dealkylation sites (N-methyl/N-ethyl adjacent to an activating group) is 1. The van der Waals surface area contributed by atoms with Crippen LogP contribution in [0.25, 0.3) is 0 Å². The third kappa shape index (κ3) is 12.7. The fourth-order valence-electron chi connectivity index (χ4n) is 7.69. The smallest absolute Gasteiger partial charge is 0.328 e. The molecule has 2 heterocycles. The Kier molecular flexibility index (Phi) is 19.0. The van der Waals surface area contributed by atoms with Crippen molar-refractivity contribution in [2.24, 2.45) is 23.5 Å². The van der Waals surface area contributed by atoms with Crippen molar-refractivity contribution in [3.63, 3.8) is 0 Å². The number of esters is 1. The standard InChI is InChI=1S/C42H66N8O8/c1-11-26(4)36(49(7)40(54)35(25(2)3)48-42-45-27(5)22-30(47-42)39(53)44-20-19-43)33(56-8)24-34(51)50-21-15-18-32(50)37(57-9)28(6)38(52)46-31(41(55)58-10)23-29-16-13-12-14-17-29/h12-14,16-17,22,25-26,28,31-33,35-37H,11,15,18-21,23-24,43H2,1-10H3,(H,44,53)(H,46,52)(H,45,47,48)/t26-,28+,31-,32-,33+,35-,36-,37+/m0/s1. The topological polar surface area (TPSA) is 207 Å². The number of likely N-dealkylation sites (tertiary alicyclic amines) is 1. The van der Waals surface area contributed by atoms with Crippen molar-refractivity contribution < 1.29 is 38.2 Å². The number of rotatable bonds is 22. The highest BCUT2D eigenvalue weighted by molar-refractivity contribution is 5.93. The van der Waals surface area contributed by atoms with E-state index in [1.54, 1.807) is 43.9 Å². The van der Waals surface area contributed by atoms with E-state index in [1.807, 2.05) is 58.0 Å². The number of aryl methyl sites for hydroxylation is 1. The number of ether oxygens (including phenoxy) is 3. The Morgan fingerprint density at radius 3 is 2.29 bits per heavy atom. The fraction of sp³-hybridized carbons (Fsp3) is 0.643. The molecule has 1 fully saturated rings. The minimum Gasteiger partial charge on any atom is -0.467 e. The maximum Gasteiger partial charge on any atom is 0.328 e. The Balaban J connectivity index is 1.80. The van der Waals surface area contributed by atoms with Crippen LogP contribution >= 0.6 is 0 Å². The Bertz CT molecular complexity index is 1660. The Hall–Kier alpha value is -4.67. The number of carbonyl (C=O) groups excluding carboxylic acids is 5. The number of hydrogen-bond acceptors (Lipinski definition) is 12. The van der Waals surface area contributed by atoms with E-state index in [-0.39, 0.29) is 60.6 Å². The average Bonchev–Trinajstić information content (AvgIpc) is 3.70. The molecular weight excluding hydrogens is 745 g/mol. The van der Waals surface area contributed by atoms with E-state index in [4.69, 9.17) is 19.9 Å². The third-order valence-corrected chi connectivity index (χ3v) is 11.1. The first-order valence-corrected chi connectivity index (χ1v) is 20.3. The summed E-state index contributed by atoms with van der Waals surface area (Å²) in [6.45, 7) is 12.4. The van der Waals surface area contributed by atoms with Gasteiger partial charge in [-0.15, -0.1) is 0 Å². The summed E-state index contributed by atoms with van der Waals surface area (Å²) in [5.41, 5.74) is 7.12. The molecule has 5 N–H and O–H groups in total. The summed E-state index contributed by atoms with van der Waals surface area (Å²) in [6, 6.07) is 8.35. The number of aromatic nitrogens is 2. The molecule has 0 saturated carbocycles. The van der Waals surface area contributed by atoms with Gasteiger partial charge in [-0.05, 0) is 43.2 Å². The number of methoxy groups -OCH3 is 3. The molecule has 3 rings (SSSR count). The summed E-state index contributed by atoms with van der Waals surface area (Å²) in [6.07, 6.45) is 0.960. The number of hydrogen-bond donors (Lipinski definition) is 4. The molecule has 4 amide bonds. The molecule has 0 radical (unpaired) electrons. The maximum absolute atomic E-state index is 14.4. The number of nitrogens with two attached hydrogens (primary N) is 1. The first-order chi connectivity index (χ1) is 27.6. The second kappa shape index (κ2) is 23.1. The fourth-order valence-corrected chi connectivity index (χ4v) is 7.69. The van der Waals surface area contributed by atoms with E-state index < -0.39 is 54.2 Å². The normalized spacial score (nSPS) is 17.7. The lowest BCUT2D eigenvalue weighted by Gasteiger charge is -2.40. The zero-order chi connectivity index (χ0) is 43.1. The van der Waals surface area contributed by atoms with Crippen LogP contribution in [0.4, 0.5) is 5.95 Å². The molecule has 2 aromatic rings. The van der Waals surface area contributed by atoms with Crippen molar-refractivity contribution in [3.05, 3.63) is 53.3 Å². The molecule has 1 saturated heterocycles. The largest absolute Gasteiger partial charge is 0.467 e. The summed E-state index contributed by atoms with van der Waals surface area (Å²) in [5, 5.41) is 8.74. The lowest BCUT2D eigenvalue weighted by Crippen LogP contribution is -2.56. The second-order valence-corrected chi connectivity index (χ2v) is 15.5. The highest BCUT2D eigenvalue weighted by Gasteiger charge is 2.43. The van der Waals surface area contributed by atoms with Crippen LogP contribution in [0, 0.1) is 24.7 Å². The molecule has 0 bridgehead atoms. The first-order valence-electron chi connectivity index (χ1n) is 20.3. The van der Waals surface area contributed by atoms with Crippen LogP contribution in [0.5, 0.6) is 0 Å². The molecule has 8 atom stereocenters. The van der Waals surface area contributed by atoms with Crippen molar-refractivity contribution in [1.29, 1.82) is 0 Å². The third-order valence-electron chi connectivity index (χ3n) is 11.1. The number of nitrogens with one attached hydrogen (secondary N) is 3. The van der Waals surface area contributed by atoms with Crippen LogP contribution in [0.3, 0.4) is 0 Å². The predicted octanol–water partition coefficient (Wildman–Crippen LogP) is 2.73. The van der Waals surface area contributed by atoms with Gasteiger partial charge in [0.1, 0.15) is 17.8 Å². The van der Waals surface area contributed by atoms with Gasteiger partial charge in [0.2, 0.25) is 23.7 Å². The van der Waals surface area contributed by atoms with Gasteiger partial charge in [-0.1, -0.05) is 71.4 Å². The highest BCUT2D eigenvalue weighted by atomic mass is 16.5. The van der Waals surface area contributed by atoms with Crippen LogP contribution in [0.2, 0.25) is 0 Å². The van der Waals surface area contributed by atoms with E-state index in [0.29, 0.717) is 38.0 Å². The van der Waals surface area contributed by atoms with E-state index in [9.17, 15) is 24.0 Å². The molecule has 16 nitrogen and oxygen atoms in total. The molecule has 0 aliphatic carbocycles. The number of benzene rings is 1. The van der Waals surface area contributed by atoms with Gasteiger partial charge in [0.05, 0.1) is 43.7 Å². The van der Waals surface area contributed by atoms with Gasteiger partial charge >= 0.3 is 5.97 Å². The minimum absolute atomic E-state index is 0.0137. The molecule has 1 aliphatic heterocycles. The molecule has 1 aliphatic rings. The van der Waals surface area contributed by atoms with Crippen molar-refractivity contribution in [1.82, 2.24) is 30.4 Å². The van der Waals surface area contributed by atoms with Crippen LogP contribution < -0.4 is 21.7 Å². The van der Waals surface area contributed by atoms with E-state index in [0.717, 1.165) is 5.56 Å². The molecule has 58 heavy (non-hydrogen) atoms. The first kappa shape index (κ1) is 47.7. The lowest BCUT2D eigenvalue weighted by molar-refractivity contribution is -0.148. The van der Waals surface area contributed by atoms with Gasteiger partial charge < -0.3 is 45.7 Å². The van der Waals surface area contributed by atoms with Gasteiger partial charge in [-0.2, -0.15) is 0 Å². The van der Waals surface area contributed by atoms with E-state index >= 15 is 0 Å². The quantitative estimate of drug-likeness (QED) is 0.127. The molecule has 1 aromatic heterocycles. The van der Waals surface area contributed by atoms with Crippen molar-refractivity contribution in [3.8, 4) is 0 Å². The Labute approximate surface area is 343 Å². The maximum atomic E-state index is 14.4. The number of amides is 4. The summed E-state index contributed by atoms with van der Waals surface area (Å²) in [4.78, 5) is 80.0. The molecule has 0 unspecified atom stereocenters. The van der Waals surface area contributed by atoms with Gasteiger partial charge in [-0.25, -0.2) is 14.8 Å². The van der Waals surface area contributed by atoms with E-state index in [1.165, 1.54) is 14.2 Å². The molecule has 1 aromatic carbocycles. The van der Waals surface area contributed by atoms with Gasteiger partial charge in [-0.3, -0.25) is 19.2 Å². The summed E-state index contributed by atoms with van der Waals surface area (Å²) in [5.74, 6) is -2.60. The number of nitrogens with zero attached hydrogens (tertiary/aromatic N) is 4.